The SMILES string of the molecule is Cc1[nH]n(-c2ccccc2)c(=O)c1N=Nc1cc([N+](=O)[O-])ccc1[O-].Cc1nn(-c2ccccc2)c([O-])c1N=Nc1cc([N+](=O)[O-])cc(S(=O)(=O)O)c1[O-].[Cr+3].[Na+].[Na+]. The number of H-pyrrole nitrogens is 1. The van der Waals surface area contributed by atoms with Gasteiger partial charge in [0.05, 0.1) is 48.9 Å². The normalized spacial score (nSPS) is 10.9. The van der Waals surface area contributed by atoms with Crippen LogP contribution in [0.15, 0.2) is 121 Å². The van der Waals surface area contributed by atoms with Crippen LogP contribution in [-0.2, 0) is 27.5 Å². The van der Waals surface area contributed by atoms with Crippen molar-refractivity contribution in [2.75, 3.05) is 0 Å². The first kappa shape index (κ1) is 48.1. The molecule has 57 heavy (non-hydrogen) atoms. The monoisotopic (exact) mass is 853 g/mol. The Bertz CT molecular complexity index is 2640. The number of nitro groups is 2. The topological polar surface area (TPSA) is 315 Å². The Balaban J connectivity index is 0.000000377. The molecule has 6 aromatic rings. The number of aryl methyl sites for hydroxylation is 2. The van der Waals surface area contributed by atoms with Gasteiger partial charge in [0.2, 0.25) is 0 Å². The van der Waals surface area contributed by atoms with Gasteiger partial charge in [-0.1, -0.05) is 54.0 Å². The zero-order chi connectivity index (χ0) is 39.3. The number of nitrogens with one attached hydrogen (secondary N) is 1. The number of benzene rings is 4. The summed E-state index contributed by atoms with van der Waals surface area (Å²) in [5, 5.41) is 79.8. The minimum absolute atomic E-state index is 0. The van der Waals surface area contributed by atoms with E-state index in [1.807, 2.05) is 6.07 Å². The second-order valence-corrected chi connectivity index (χ2v) is 12.3. The number of non-ortho nitro benzene ring substituents is 2. The van der Waals surface area contributed by atoms with E-state index in [4.69, 9.17) is 4.55 Å². The summed E-state index contributed by atoms with van der Waals surface area (Å²) in [7, 11) is -5.04. The van der Waals surface area contributed by atoms with Crippen LogP contribution in [0, 0.1) is 34.1 Å². The van der Waals surface area contributed by atoms with Crippen LogP contribution < -0.4 is 80.0 Å². The van der Waals surface area contributed by atoms with Crippen molar-refractivity contribution >= 4 is 44.2 Å². The summed E-state index contributed by atoms with van der Waals surface area (Å²) in [4.78, 5) is 31.4. The van der Waals surface area contributed by atoms with Gasteiger partial charge in [0.15, 0.2) is 5.69 Å². The van der Waals surface area contributed by atoms with E-state index >= 15 is 0 Å². The maximum atomic E-state index is 12.5. The number of para-hydroxylation sites is 2. The number of rotatable bonds is 9. The Hall–Kier alpha value is -5.06. The third-order valence-electron chi connectivity index (χ3n) is 7.22. The number of hydrogen-bond acceptors (Lipinski definition) is 15. The molecule has 0 saturated carbocycles. The maximum absolute atomic E-state index is 12.5. The summed E-state index contributed by atoms with van der Waals surface area (Å²) in [5.41, 5.74) is -0.989. The largest absolute Gasteiger partial charge is 3.00 e. The van der Waals surface area contributed by atoms with Gasteiger partial charge < -0.3 is 15.3 Å². The Morgan fingerprint density at radius 1 is 0.737 bits per heavy atom. The van der Waals surface area contributed by atoms with E-state index in [9.17, 15) is 48.8 Å². The molecule has 0 amide bonds. The molecule has 1 radical (unpaired) electrons. The van der Waals surface area contributed by atoms with E-state index in [1.165, 1.54) is 11.6 Å². The number of hydrogen-bond donors (Lipinski definition) is 2. The van der Waals surface area contributed by atoms with E-state index < -0.39 is 59.2 Å². The quantitative estimate of drug-likeness (QED) is 0.0568. The van der Waals surface area contributed by atoms with Crippen LogP contribution in [0.2, 0.25) is 0 Å². The van der Waals surface area contributed by atoms with Crippen molar-refractivity contribution in [2.24, 2.45) is 20.5 Å². The van der Waals surface area contributed by atoms with Gasteiger partial charge in [0.25, 0.3) is 27.1 Å². The summed E-state index contributed by atoms with van der Waals surface area (Å²) in [6, 6.07) is 21.5. The summed E-state index contributed by atoms with van der Waals surface area (Å²) < 4.78 is 34.1. The van der Waals surface area contributed by atoms with Gasteiger partial charge in [-0.25, -0.2) is 9.36 Å². The summed E-state index contributed by atoms with van der Waals surface area (Å²) >= 11 is 0. The van der Waals surface area contributed by atoms with Crippen molar-refractivity contribution in [3.05, 3.63) is 133 Å². The van der Waals surface area contributed by atoms with Gasteiger partial charge in [-0.15, -0.1) is 10.2 Å². The van der Waals surface area contributed by atoms with E-state index in [0.29, 0.717) is 29.2 Å². The second kappa shape index (κ2) is 20.4. The van der Waals surface area contributed by atoms with Crippen molar-refractivity contribution in [2.45, 2.75) is 18.7 Å². The van der Waals surface area contributed by atoms with Crippen LogP contribution in [0.4, 0.5) is 34.1 Å². The molecule has 0 spiro atoms. The predicted molar refractivity (Wildman–Crippen MR) is 182 cm³/mol. The molecule has 2 N–H and O–H groups in total. The van der Waals surface area contributed by atoms with Crippen LogP contribution >= 0.6 is 0 Å². The van der Waals surface area contributed by atoms with E-state index in [-0.39, 0.29) is 105 Å². The molecule has 279 valence electrons. The molecule has 21 nitrogen and oxygen atoms in total. The Labute approximate surface area is 376 Å². The standard InChI is InChI=1S/C16H13N5O7S.C16H13N5O4.Cr.2Na/c1-9-14(16(23)20(19-9)10-5-3-2-4-6-10)18-17-12-7-11(21(24)25)8-13(15(12)22)29(26,27)28;1-10-15(16(23)20(19-10)11-5-3-2-4-6-11)18-17-13-9-12(21(24)25)7-8-14(13)22;;;/h2-8,22-23H,1H3,(H,26,27,28);2-9,19,22H,1H3;;;/q;;+3;2*+1/p-3. The average molecular weight is 854 g/mol. The zero-order valence-electron chi connectivity index (χ0n) is 30.0. The molecule has 6 rings (SSSR count). The van der Waals surface area contributed by atoms with E-state index in [1.54, 1.807) is 61.5 Å². The van der Waals surface area contributed by atoms with Gasteiger partial charge in [-0.05, 0) is 38.1 Å². The molecule has 4 aromatic carbocycles. The molecule has 0 aliphatic rings. The van der Waals surface area contributed by atoms with Gasteiger partial charge >= 0.3 is 76.5 Å². The van der Waals surface area contributed by atoms with Crippen LogP contribution in [0.1, 0.15) is 11.4 Å². The van der Waals surface area contributed by atoms with E-state index in [2.05, 4.69) is 30.7 Å². The molecule has 0 saturated heterocycles. The van der Waals surface area contributed by atoms with E-state index in [0.717, 1.165) is 22.9 Å². The molecule has 25 heteroatoms. The molecule has 0 bridgehead atoms. The van der Waals surface area contributed by atoms with Crippen LogP contribution in [0.5, 0.6) is 17.4 Å². The summed E-state index contributed by atoms with van der Waals surface area (Å²) in [6.07, 6.45) is 0. The van der Waals surface area contributed by atoms with Crippen molar-refractivity contribution in [1.82, 2.24) is 19.6 Å². The molecule has 0 fully saturated rings. The fourth-order valence-corrected chi connectivity index (χ4v) is 5.23. The number of azo groups is 2. The van der Waals surface area contributed by atoms with Crippen LogP contribution in [0.3, 0.4) is 0 Å². The first-order valence-corrected chi connectivity index (χ1v) is 16.5. The van der Waals surface area contributed by atoms with Gasteiger partial charge in [0.1, 0.15) is 5.69 Å². The smallest absolute Gasteiger partial charge is 0.871 e. The Kier molecular flexibility index (Phi) is 17.2. The molecule has 0 unspecified atom stereocenters. The molecule has 0 aliphatic carbocycles. The average Bonchev–Trinajstić information content (AvgIpc) is 3.59. The fourth-order valence-electron chi connectivity index (χ4n) is 4.62. The fraction of sp³-hybridized carbons (Fsp3) is 0.0625. The van der Waals surface area contributed by atoms with Crippen LogP contribution in [-0.4, -0.2) is 42.4 Å². The van der Waals surface area contributed by atoms with Crippen molar-refractivity contribution in [1.29, 1.82) is 0 Å². The first-order valence-electron chi connectivity index (χ1n) is 15.0. The predicted octanol–water partition coefficient (Wildman–Crippen LogP) is -1.23. The van der Waals surface area contributed by atoms with Crippen molar-refractivity contribution in [3.63, 3.8) is 0 Å². The number of nitro benzene ring substituents is 2. The van der Waals surface area contributed by atoms with Crippen LogP contribution in [0.25, 0.3) is 11.4 Å². The summed E-state index contributed by atoms with van der Waals surface area (Å²) in [6.45, 7) is 3.10. The van der Waals surface area contributed by atoms with Gasteiger partial charge in [-0.2, -0.15) is 23.7 Å². The Morgan fingerprint density at radius 3 is 1.82 bits per heavy atom. The van der Waals surface area contributed by atoms with Gasteiger partial charge in [0, 0.05) is 30.1 Å². The molecular weight excluding hydrogens is 830 g/mol. The van der Waals surface area contributed by atoms with Crippen molar-refractivity contribution in [3.8, 4) is 28.8 Å². The minimum atomic E-state index is -5.04. The third-order valence-corrected chi connectivity index (χ3v) is 8.08. The minimum Gasteiger partial charge on any atom is -0.871 e. The van der Waals surface area contributed by atoms with Crippen molar-refractivity contribution < 1.29 is 115 Å². The first-order chi connectivity index (χ1) is 25.6. The summed E-state index contributed by atoms with van der Waals surface area (Å²) in [5.74, 6) is -2.49. The second-order valence-electron chi connectivity index (χ2n) is 10.9. The number of aromatic amines is 1. The Morgan fingerprint density at radius 2 is 1.26 bits per heavy atom. The molecular formula is C32H23CrN10Na2O11S+2. The third kappa shape index (κ3) is 11.3. The number of nitrogens with zero attached hydrogens (tertiary/aromatic N) is 9. The molecule has 0 aliphatic heterocycles. The zero-order valence-corrected chi connectivity index (χ0v) is 36.1. The molecule has 0 atom stereocenters. The molecule has 2 aromatic heterocycles. The maximum Gasteiger partial charge on any atom is 3.00 e. The van der Waals surface area contributed by atoms with Gasteiger partial charge in [-0.3, -0.25) is 34.7 Å². The molecule has 2 heterocycles. The number of aromatic nitrogens is 4.